The van der Waals surface area contributed by atoms with E-state index >= 15 is 0 Å². The van der Waals surface area contributed by atoms with E-state index in [-0.39, 0.29) is 0 Å². The maximum atomic E-state index is 5.61. The van der Waals surface area contributed by atoms with E-state index in [2.05, 4.69) is 11.6 Å². The zero-order valence-corrected chi connectivity index (χ0v) is 12.5. The van der Waals surface area contributed by atoms with Gasteiger partial charge in [0.2, 0.25) is 0 Å². The minimum atomic E-state index is 0.312. The summed E-state index contributed by atoms with van der Waals surface area (Å²) >= 11 is 0. The van der Waals surface area contributed by atoms with Crippen LogP contribution in [-0.4, -0.2) is 21.3 Å². The number of nitrogens with zero attached hydrogens (tertiary/aromatic N) is 3. The lowest BCUT2D eigenvalue weighted by atomic mass is 9.53. The maximum Gasteiger partial charge on any atom is 0.151 e. The maximum absolute atomic E-state index is 5.61. The van der Waals surface area contributed by atoms with Gasteiger partial charge in [0.1, 0.15) is 5.82 Å². The fourth-order valence-electron chi connectivity index (χ4n) is 5.58. The number of aryl methyl sites for hydroxylation is 2. The van der Waals surface area contributed by atoms with Gasteiger partial charge in [0.05, 0.1) is 5.54 Å². The summed E-state index contributed by atoms with van der Waals surface area (Å²) in [4.78, 5) is 4.70. The number of aromatic nitrogens is 3. The molecule has 0 unspecified atom stereocenters. The highest BCUT2D eigenvalue weighted by atomic mass is 15.4. The molecule has 5 rings (SSSR count). The Bertz CT molecular complexity index is 469. The summed E-state index contributed by atoms with van der Waals surface area (Å²) in [6.07, 6.45) is 10.4. The van der Waals surface area contributed by atoms with Crippen LogP contribution in [0.4, 0.5) is 0 Å². The first-order valence-electron chi connectivity index (χ1n) is 8.31. The van der Waals surface area contributed by atoms with Crippen molar-refractivity contribution in [1.82, 2.24) is 14.8 Å². The highest BCUT2D eigenvalue weighted by Crippen LogP contribution is 2.58. The van der Waals surface area contributed by atoms with Gasteiger partial charge >= 0.3 is 0 Å². The molecule has 0 aromatic carbocycles. The van der Waals surface area contributed by atoms with Crippen LogP contribution < -0.4 is 5.73 Å². The molecule has 4 nitrogen and oxygen atoms in total. The predicted octanol–water partition coefficient (Wildman–Crippen LogP) is 2.40. The Balaban J connectivity index is 1.65. The van der Waals surface area contributed by atoms with Crippen LogP contribution in [0.2, 0.25) is 0 Å². The first-order chi connectivity index (χ1) is 9.68. The van der Waals surface area contributed by atoms with Crippen LogP contribution in [0.1, 0.15) is 56.6 Å². The zero-order valence-electron chi connectivity index (χ0n) is 12.5. The van der Waals surface area contributed by atoms with Crippen molar-refractivity contribution in [2.45, 2.75) is 63.8 Å². The van der Waals surface area contributed by atoms with Crippen LogP contribution in [0.25, 0.3) is 0 Å². The highest BCUT2D eigenvalue weighted by molar-refractivity contribution is 5.08. The summed E-state index contributed by atoms with van der Waals surface area (Å²) in [5.74, 6) is 5.00. The van der Waals surface area contributed by atoms with Crippen LogP contribution >= 0.6 is 0 Å². The zero-order chi connectivity index (χ0) is 13.7. The molecule has 2 N–H and O–H groups in total. The van der Waals surface area contributed by atoms with E-state index < -0.39 is 0 Å². The summed E-state index contributed by atoms with van der Waals surface area (Å²) in [5, 5.41) is 4.89. The van der Waals surface area contributed by atoms with Crippen molar-refractivity contribution in [3.05, 3.63) is 11.6 Å². The second-order valence-corrected chi connectivity index (χ2v) is 7.52. The fraction of sp³-hybridized carbons (Fsp3) is 0.875. The fourth-order valence-corrected chi connectivity index (χ4v) is 5.58. The van der Waals surface area contributed by atoms with Gasteiger partial charge in [-0.1, -0.05) is 0 Å². The Kier molecular flexibility index (Phi) is 2.92. The number of nitrogens with two attached hydrogens (primary N) is 1. The minimum absolute atomic E-state index is 0.312. The van der Waals surface area contributed by atoms with E-state index in [4.69, 9.17) is 15.8 Å². The van der Waals surface area contributed by atoms with E-state index in [9.17, 15) is 0 Å². The average Bonchev–Trinajstić information content (AvgIpc) is 2.77. The smallest absolute Gasteiger partial charge is 0.151 e. The Morgan fingerprint density at radius 2 is 1.75 bits per heavy atom. The summed E-state index contributed by atoms with van der Waals surface area (Å²) in [6, 6.07) is 0. The quantitative estimate of drug-likeness (QED) is 0.917. The van der Waals surface area contributed by atoms with E-state index in [1.54, 1.807) is 0 Å². The molecule has 1 aromatic heterocycles. The molecule has 0 spiro atoms. The predicted molar refractivity (Wildman–Crippen MR) is 78.3 cm³/mol. The van der Waals surface area contributed by atoms with Gasteiger partial charge in [0.15, 0.2) is 5.82 Å². The van der Waals surface area contributed by atoms with Crippen molar-refractivity contribution in [2.24, 2.45) is 23.5 Å². The van der Waals surface area contributed by atoms with Crippen LogP contribution in [0, 0.1) is 24.7 Å². The molecular formula is C16H26N4. The first-order valence-corrected chi connectivity index (χ1v) is 8.31. The third-order valence-electron chi connectivity index (χ3n) is 5.87. The van der Waals surface area contributed by atoms with Crippen LogP contribution in [-0.2, 0) is 12.0 Å². The van der Waals surface area contributed by atoms with Crippen molar-refractivity contribution in [3.8, 4) is 0 Å². The molecule has 0 aliphatic heterocycles. The molecule has 20 heavy (non-hydrogen) atoms. The standard InChI is InChI=1S/C16H26N4/c1-11-18-15(3-2-4-17)19-20(11)16-8-12-5-13(9-16)7-14(6-12)10-16/h12-14H,2-10,17H2,1H3. The summed E-state index contributed by atoms with van der Waals surface area (Å²) in [6.45, 7) is 2.86. The molecule has 0 amide bonds. The van der Waals surface area contributed by atoms with Crippen LogP contribution in [0.3, 0.4) is 0 Å². The van der Waals surface area contributed by atoms with Crippen molar-refractivity contribution in [1.29, 1.82) is 0 Å². The van der Waals surface area contributed by atoms with Gasteiger partial charge in [-0.15, -0.1) is 0 Å². The lowest BCUT2D eigenvalue weighted by Gasteiger charge is -2.56. The normalized spacial score (nSPS) is 38.6. The van der Waals surface area contributed by atoms with Crippen LogP contribution in [0.5, 0.6) is 0 Å². The Hall–Kier alpha value is -0.900. The van der Waals surface area contributed by atoms with Gasteiger partial charge in [-0.3, -0.25) is 0 Å². The molecular weight excluding hydrogens is 248 g/mol. The topological polar surface area (TPSA) is 56.7 Å². The van der Waals surface area contributed by atoms with E-state index in [1.165, 1.54) is 38.5 Å². The molecule has 1 heterocycles. The summed E-state index contributed by atoms with van der Waals surface area (Å²) in [7, 11) is 0. The van der Waals surface area contributed by atoms with E-state index in [0.29, 0.717) is 5.54 Å². The number of hydrogen-bond donors (Lipinski definition) is 1. The molecule has 4 aliphatic rings. The first kappa shape index (κ1) is 12.8. The third-order valence-corrected chi connectivity index (χ3v) is 5.87. The van der Waals surface area contributed by atoms with Gasteiger partial charge in [0.25, 0.3) is 0 Å². The highest BCUT2D eigenvalue weighted by Gasteiger charge is 2.52. The summed E-state index contributed by atoms with van der Waals surface area (Å²) < 4.78 is 2.32. The third kappa shape index (κ3) is 1.92. The van der Waals surface area contributed by atoms with Gasteiger partial charge < -0.3 is 5.73 Å². The summed E-state index contributed by atoms with van der Waals surface area (Å²) in [5.41, 5.74) is 5.92. The van der Waals surface area contributed by atoms with Crippen molar-refractivity contribution >= 4 is 0 Å². The molecule has 0 saturated heterocycles. The van der Waals surface area contributed by atoms with Crippen LogP contribution in [0.15, 0.2) is 0 Å². The molecule has 4 saturated carbocycles. The monoisotopic (exact) mass is 274 g/mol. The van der Waals surface area contributed by atoms with E-state index in [1.807, 2.05) is 0 Å². The average molecular weight is 274 g/mol. The second-order valence-electron chi connectivity index (χ2n) is 7.52. The second kappa shape index (κ2) is 4.55. The molecule has 110 valence electrons. The van der Waals surface area contributed by atoms with Crippen molar-refractivity contribution in [3.63, 3.8) is 0 Å². The molecule has 0 radical (unpaired) electrons. The Labute approximate surface area is 121 Å². The van der Waals surface area contributed by atoms with Gasteiger partial charge in [-0.25, -0.2) is 9.67 Å². The SMILES string of the molecule is Cc1nc(CCCN)nn1C12CC3CC(CC(C3)C1)C2. The molecule has 0 atom stereocenters. The van der Waals surface area contributed by atoms with E-state index in [0.717, 1.165) is 48.8 Å². The molecule has 1 aromatic rings. The number of hydrogen-bond acceptors (Lipinski definition) is 3. The van der Waals surface area contributed by atoms with Crippen molar-refractivity contribution in [2.75, 3.05) is 6.54 Å². The largest absolute Gasteiger partial charge is 0.330 e. The van der Waals surface area contributed by atoms with Gasteiger partial charge in [-0.2, -0.15) is 5.10 Å². The Morgan fingerprint density at radius 3 is 2.30 bits per heavy atom. The lowest BCUT2D eigenvalue weighted by molar-refractivity contribution is -0.0507. The van der Waals surface area contributed by atoms with Gasteiger partial charge in [0, 0.05) is 6.42 Å². The molecule has 4 bridgehead atoms. The van der Waals surface area contributed by atoms with Gasteiger partial charge in [-0.05, 0) is 76.2 Å². The Morgan fingerprint density at radius 1 is 1.15 bits per heavy atom. The molecule has 4 fully saturated rings. The minimum Gasteiger partial charge on any atom is -0.330 e. The molecule has 4 heteroatoms. The van der Waals surface area contributed by atoms with Crippen molar-refractivity contribution < 1.29 is 0 Å². The number of rotatable bonds is 4. The lowest BCUT2D eigenvalue weighted by Crippen LogP contribution is -2.52. The molecule has 4 aliphatic carbocycles.